The molecule has 0 saturated carbocycles. The standard InChI is InChI=1S/C16H24ClN3O/c1-10-4-12(3)16(14(17)6-10)19-15(21)9-20-7-11(2)5-13(18)8-20/h4,6,11,13H,5,7-9,18H2,1-3H3,(H,19,21). The fraction of sp³-hybridized carbons (Fsp3) is 0.562. The molecule has 1 saturated heterocycles. The molecule has 1 fully saturated rings. The minimum absolute atomic E-state index is 0.0369. The van der Waals surface area contributed by atoms with Gasteiger partial charge in [0.1, 0.15) is 0 Å². The second-order valence-electron chi connectivity index (χ2n) is 6.28. The van der Waals surface area contributed by atoms with Crippen molar-refractivity contribution in [3.05, 3.63) is 28.3 Å². The SMILES string of the molecule is Cc1cc(C)c(NC(=O)CN2CC(C)CC(N)C2)c(Cl)c1. The average Bonchev–Trinajstić information content (AvgIpc) is 2.32. The van der Waals surface area contributed by atoms with Gasteiger partial charge in [0.25, 0.3) is 0 Å². The van der Waals surface area contributed by atoms with E-state index in [9.17, 15) is 4.79 Å². The molecule has 0 aliphatic carbocycles. The summed E-state index contributed by atoms with van der Waals surface area (Å²) < 4.78 is 0. The van der Waals surface area contributed by atoms with Crippen LogP contribution in [0, 0.1) is 19.8 Å². The normalized spacial score (nSPS) is 23.1. The summed E-state index contributed by atoms with van der Waals surface area (Å²) in [4.78, 5) is 14.3. The highest BCUT2D eigenvalue weighted by Gasteiger charge is 2.23. The van der Waals surface area contributed by atoms with Crippen molar-refractivity contribution in [2.75, 3.05) is 25.0 Å². The number of nitrogens with one attached hydrogen (secondary N) is 1. The molecular formula is C16H24ClN3O. The number of nitrogens with two attached hydrogens (primary N) is 1. The lowest BCUT2D eigenvalue weighted by atomic mass is 9.97. The van der Waals surface area contributed by atoms with Crippen molar-refractivity contribution in [1.29, 1.82) is 0 Å². The molecule has 2 unspecified atom stereocenters. The summed E-state index contributed by atoms with van der Waals surface area (Å²) in [5, 5.41) is 3.52. The number of hydrogen-bond donors (Lipinski definition) is 2. The molecule has 1 aromatic carbocycles. The van der Waals surface area contributed by atoms with Crippen molar-refractivity contribution in [1.82, 2.24) is 4.90 Å². The molecule has 1 amide bonds. The van der Waals surface area contributed by atoms with Crippen LogP contribution in [0.4, 0.5) is 5.69 Å². The zero-order chi connectivity index (χ0) is 15.6. The van der Waals surface area contributed by atoms with Gasteiger partial charge in [0.05, 0.1) is 17.3 Å². The van der Waals surface area contributed by atoms with Gasteiger partial charge in [-0.3, -0.25) is 9.69 Å². The maximum Gasteiger partial charge on any atom is 0.238 e. The Hall–Kier alpha value is -1.10. The molecule has 4 nitrogen and oxygen atoms in total. The molecule has 5 heteroatoms. The van der Waals surface area contributed by atoms with Crippen molar-refractivity contribution in [2.45, 2.75) is 33.2 Å². The van der Waals surface area contributed by atoms with E-state index in [-0.39, 0.29) is 11.9 Å². The van der Waals surface area contributed by atoms with Crippen LogP contribution in [0.1, 0.15) is 24.5 Å². The second-order valence-corrected chi connectivity index (χ2v) is 6.69. The van der Waals surface area contributed by atoms with E-state index in [1.165, 1.54) is 0 Å². The molecule has 21 heavy (non-hydrogen) atoms. The van der Waals surface area contributed by atoms with E-state index < -0.39 is 0 Å². The minimum atomic E-state index is -0.0369. The molecule has 0 spiro atoms. The van der Waals surface area contributed by atoms with E-state index in [2.05, 4.69) is 17.1 Å². The highest BCUT2D eigenvalue weighted by Crippen LogP contribution is 2.27. The third-order valence-corrected chi connectivity index (χ3v) is 4.13. The van der Waals surface area contributed by atoms with Crippen molar-refractivity contribution < 1.29 is 4.79 Å². The highest BCUT2D eigenvalue weighted by molar-refractivity contribution is 6.34. The molecule has 0 bridgehead atoms. The maximum absolute atomic E-state index is 12.2. The van der Waals surface area contributed by atoms with E-state index >= 15 is 0 Å². The van der Waals surface area contributed by atoms with Gasteiger partial charge in [-0.05, 0) is 43.4 Å². The zero-order valence-electron chi connectivity index (χ0n) is 12.9. The molecule has 2 rings (SSSR count). The van der Waals surface area contributed by atoms with Crippen LogP contribution in [-0.2, 0) is 4.79 Å². The number of likely N-dealkylation sites (tertiary alicyclic amines) is 1. The molecule has 1 aliphatic rings. The van der Waals surface area contributed by atoms with Crippen molar-refractivity contribution >= 4 is 23.2 Å². The topological polar surface area (TPSA) is 58.4 Å². The van der Waals surface area contributed by atoms with E-state index in [4.69, 9.17) is 17.3 Å². The average molecular weight is 310 g/mol. The van der Waals surface area contributed by atoms with Crippen LogP contribution < -0.4 is 11.1 Å². The van der Waals surface area contributed by atoms with Crippen LogP contribution in [0.5, 0.6) is 0 Å². The Labute approximate surface area is 131 Å². The number of aryl methyl sites for hydroxylation is 2. The summed E-state index contributed by atoms with van der Waals surface area (Å²) in [6.07, 6.45) is 1.03. The van der Waals surface area contributed by atoms with Crippen LogP contribution in [0.2, 0.25) is 5.02 Å². The van der Waals surface area contributed by atoms with Crippen molar-refractivity contribution in [3.63, 3.8) is 0 Å². The number of carbonyl (C=O) groups excluding carboxylic acids is 1. The number of nitrogens with zero attached hydrogens (tertiary/aromatic N) is 1. The quantitative estimate of drug-likeness (QED) is 0.902. The molecule has 1 aromatic rings. The first-order chi connectivity index (χ1) is 9.85. The van der Waals surface area contributed by atoms with Gasteiger partial charge in [-0.1, -0.05) is 24.6 Å². The number of halogens is 1. The van der Waals surface area contributed by atoms with E-state index in [1.807, 2.05) is 26.0 Å². The monoisotopic (exact) mass is 309 g/mol. The predicted molar refractivity (Wildman–Crippen MR) is 87.8 cm³/mol. The maximum atomic E-state index is 12.2. The fourth-order valence-corrected chi connectivity index (χ4v) is 3.47. The lowest BCUT2D eigenvalue weighted by molar-refractivity contribution is -0.117. The third-order valence-electron chi connectivity index (χ3n) is 3.83. The third kappa shape index (κ3) is 4.43. The number of amides is 1. The van der Waals surface area contributed by atoms with Gasteiger partial charge in [-0.25, -0.2) is 0 Å². The summed E-state index contributed by atoms with van der Waals surface area (Å²) in [6.45, 7) is 8.17. The Morgan fingerprint density at radius 2 is 2.14 bits per heavy atom. The first-order valence-electron chi connectivity index (χ1n) is 7.39. The Balaban J connectivity index is 1.99. The Kier molecular flexibility index (Phi) is 5.25. The smallest absolute Gasteiger partial charge is 0.238 e. The van der Waals surface area contributed by atoms with Crippen LogP contribution in [-0.4, -0.2) is 36.5 Å². The Bertz CT molecular complexity index is 499. The summed E-state index contributed by atoms with van der Waals surface area (Å²) >= 11 is 6.22. The van der Waals surface area contributed by atoms with Gasteiger partial charge >= 0.3 is 0 Å². The lowest BCUT2D eigenvalue weighted by Crippen LogP contribution is -2.48. The van der Waals surface area contributed by atoms with Crippen molar-refractivity contribution in [3.8, 4) is 0 Å². The number of rotatable bonds is 3. The first-order valence-corrected chi connectivity index (χ1v) is 7.77. The van der Waals surface area contributed by atoms with Gasteiger partial charge in [-0.2, -0.15) is 0 Å². The Morgan fingerprint density at radius 3 is 2.76 bits per heavy atom. The van der Waals surface area contributed by atoms with E-state index in [0.29, 0.717) is 23.2 Å². The first kappa shape index (κ1) is 16.3. The molecular weight excluding hydrogens is 286 g/mol. The predicted octanol–water partition coefficient (Wildman–Crippen LogP) is 2.56. The molecule has 0 radical (unpaired) electrons. The van der Waals surface area contributed by atoms with Gasteiger partial charge in [0, 0.05) is 19.1 Å². The van der Waals surface area contributed by atoms with Gasteiger partial charge < -0.3 is 11.1 Å². The van der Waals surface area contributed by atoms with E-state index in [1.54, 1.807) is 0 Å². The number of anilines is 1. The summed E-state index contributed by atoms with van der Waals surface area (Å²) in [5.74, 6) is 0.497. The van der Waals surface area contributed by atoms with E-state index in [0.717, 1.165) is 30.6 Å². The largest absolute Gasteiger partial charge is 0.327 e. The number of hydrogen-bond acceptors (Lipinski definition) is 3. The van der Waals surface area contributed by atoms with Crippen LogP contribution in [0.3, 0.4) is 0 Å². The number of benzene rings is 1. The molecule has 3 N–H and O–H groups in total. The van der Waals surface area contributed by atoms with Gasteiger partial charge in [0.2, 0.25) is 5.91 Å². The number of piperidine rings is 1. The van der Waals surface area contributed by atoms with Crippen LogP contribution >= 0.6 is 11.6 Å². The second kappa shape index (κ2) is 6.77. The highest BCUT2D eigenvalue weighted by atomic mass is 35.5. The molecule has 1 heterocycles. The summed E-state index contributed by atoms with van der Waals surface area (Å²) in [5.41, 5.74) is 8.80. The van der Waals surface area contributed by atoms with Crippen LogP contribution in [0.15, 0.2) is 12.1 Å². The minimum Gasteiger partial charge on any atom is -0.327 e. The van der Waals surface area contributed by atoms with Crippen molar-refractivity contribution in [2.24, 2.45) is 11.7 Å². The summed E-state index contributed by atoms with van der Waals surface area (Å²) in [7, 11) is 0. The van der Waals surface area contributed by atoms with Gasteiger partial charge in [-0.15, -0.1) is 0 Å². The van der Waals surface area contributed by atoms with Crippen LogP contribution in [0.25, 0.3) is 0 Å². The number of carbonyl (C=O) groups is 1. The molecule has 2 atom stereocenters. The molecule has 116 valence electrons. The lowest BCUT2D eigenvalue weighted by Gasteiger charge is -2.34. The molecule has 0 aromatic heterocycles. The fourth-order valence-electron chi connectivity index (χ4n) is 3.10. The van der Waals surface area contributed by atoms with Gasteiger partial charge in [0.15, 0.2) is 0 Å². The summed E-state index contributed by atoms with van der Waals surface area (Å²) in [6, 6.07) is 4.04. The zero-order valence-corrected chi connectivity index (χ0v) is 13.7. The Morgan fingerprint density at radius 1 is 1.43 bits per heavy atom. The molecule has 1 aliphatic heterocycles.